The first-order valence-corrected chi connectivity index (χ1v) is 6.30. The van der Waals surface area contributed by atoms with Gasteiger partial charge in [-0.2, -0.15) is 0 Å². The van der Waals surface area contributed by atoms with Crippen LogP contribution in [0.15, 0.2) is 46.3 Å². The molecule has 15 heavy (non-hydrogen) atoms. The van der Waals surface area contributed by atoms with Gasteiger partial charge in [0.15, 0.2) is 0 Å². The molecule has 1 unspecified atom stereocenters. The molecule has 3 heteroatoms. The Morgan fingerprint density at radius 2 is 1.87 bits per heavy atom. The van der Waals surface area contributed by atoms with Crippen LogP contribution in [0, 0.1) is 0 Å². The van der Waals surface area contributed by atoms with Gasteiger partial charge in [0.2, 0.25) is 0 Å². The second-order valence-electron chi connectivity index (χ2n) is 3.56. The lowest BCUT2D eigenvalue weighted by Gasteiger charge is -2.22. The van der Waals surface area contributed by atoms with E-state index in [0.717, 1.165) is 14.9 Å². The number of aliphatic hydroxyl groups is 1. The van der Waals surface area contributed by atoms with E-state index in [1.807, 2.05) is 48.7 Å². The Balaban J connectivity index is 2.41. The average molecular weight is 283 g/mol. The van der Waals surface area contributed by atoms with Crippen LogP contribution in [0.25, 0.3) is 0 Å². The van der Waals surface area contributed by atoms with E-state index in [1.54, 1.807) is 11.3 Å². The first-order chi connectivity index (χ1) is 7.10. The monoisotopic (exact) mass is 282 g/mol. The zero-order valence-corrected chi connectivity index (χ0v) is 10.7. The van der Waals surface area contributed by atoms with Crippen molar-refractivity contribution >= 4 is 27.3 Å². The first-order valence-electron chi connectivity index (χ1n) is 4.63. The standard InChI is InChI=1S/C12H11BrOS/c1-12(14,11-3-2-8-15-11)9-4-6-10(13)7-5-9/h2-8,14H,1H3. The number of thiophene rings is 1. The summed E-state index contributed by atoms with van der Waals surface area (Å²) >= 11 is 4.95. The SMILES string of the molecule is CC(O)(c1ccc(Br)cc1)c1cccs1. The Bertz CT molecular complexity index is 431. The summed E-state index contributed by atoms with van der Waals surface area (Å²) in [5, 5.41) is 12.4. The van der Waals surface area contributed by atoms with Gasteiger partial charge in [0.25, 0.3) is 0 Å². The molecule has 2 rings (SSSR count). The van der Waals surface area contributed by atoms with Crippen LogP contribution in [0.1, 0.15) is 17.4 Å². The summed E-state index contributed by atoms with van der Waals surface area (Å²) in [6.45, 7) is 1.82. The molecule has 1 aromatic carbocycles. The highest BCUT2D eigenvalue weighted by atomic mass is 79.9. The molecule has 0 spiro atoms. The van der Waals surface area contributed by atoms with Crippen LogP contribution in [0.3, 0.4) is 0 Å². The molecule has 1 atom stereocenters. The lowest BCUT2D eigenvalue weighted by molar-refractivity contribution is 0.106. The van der Waals surface area contributed by atoms with Gasteiger partial charge < -0.3 is 5.11 Å². The fourth-order valence-electron chi connectivity index (χ4n) is 1.47. The van der Waals surface area contributed by atoms with E-state index in [-0.39, 0.29) is 0 Å². The minimum Gasteiger partial charge on any atom is -0.380 e. The fourth-order valence-corrected chi connectivity index (χ4v) is 2.54. The first kappa shape index (κ1) is 10.9. The Morgan fingerprint density at radius 3 is 2.40 bits per heavy atom. The highest BCUT2D eigenvalue weighted by Crippen LogP contribution is 2.32. The molecule has 0 aliphatic carbocycles. The van der Waals surface area contributed by atoms with Crippen molar-refractivity contribution in [1.29, 1.82) is 0 Å². The molecule has 1 heterocycles. The molecule has 0 fully saturated rings. The van der Waals surface area contributed by atoms with E-state index in [1.165, 1.54) is 0 Å². The number of benzene rings is 1. The molecule has 0 aliphatic rings. The summed E-state index contributed by atoms with van der Waals surface area (Å²) in [5.41, 5.74) is 0.0163. The highest BCUT2D eigenvalue weighted by molar-refractivity contribution is 9.10. The van der Waals surface area contributed by atoms with Crippen molar-refractivity contribution < 1.29 is 5.11 Å². The van der Waals surface area contributed by atoms with Crippen molar-refractivity contribution in [2.75, 3.05) is 0 Å². The van der Waals surface area contributed by atoms with Gasteiger partial charge in [-0.05, 0) is 36.1 Å². The molecule has 0 bridgehead atoms. The van der Waals surface area contributed by atoms with Crippen LogP contribution in [0.2, 0.25) is 0 Å². The normalized spacial score (nSPS) is 14.9. The lowest BCUT2D eigenvalue weighted by atomic mass is 9.94. The summed E-state index contributed by atoms with van der Waals surface area (Å²) in [6.07, 6.45) is 0. The molecule has 0 aliphatic heterocycles. The molecule has 1 nitrogen and oxygen atoms in total. The van der Waals surface area contributed by atoms with Crippen molar-refractivity contribution in [2.24, 2.45) is 0 Å². The third-order valence-corrected chi connectivity index (χ3v) is 4.02. The molecular weight excluding hydrogens is 272 g/mol. The molecule has 0 radical (unpaired) electrons. The predicted molar refractivity (Wildman–Crippen MR) is 67.1 cm³/mol. The third kappa shape index (κ3) is 2.14. The smallest absolute Gasteiger partial charge is 0.121 e. The van der Waals surface area contributed by atoms with Gasteiger partial charge in [-0.3, -0.25) is 0 Å². The van der Waals surface area contributed by atoms with Crippen molar-refractivity contribution in [3.8, 4) is 0 Å². The number of halogens is 1. The zero-order valence-electron chi connectivity index (χ0n) is 8.27. The second kappa shape index (κ2) is 4.08. The number of hydrogen-bond acceptors (Lipinski definition) is 2. The van der Waals surface area contributed by atoms with E-state index in [9.17, 15) is 5.11 Å². The summed E-state index contributed by atoms with van der Waals surface area (Å²) in [7, 11) is 0. The van der Waals surface area contributed by atoms with E-state index in [2.05, 4.69) is 15.9 Å². The quantitative estimate of drug-likeness (QED) is 0.889. The number of rotatable bonds is 2. The molecule has 78 valence electrons. The van der Waals surface area contributed by atoms with Crippen LogP contribution in [0.5, 0.6) is 0 Å². The lowest BCUT2D eigenvalue weighted by Crippen LogP contribution is -2.20. The van der Waals surface area contributed by atoms with Gasteiger partial charge in [-0.1, -0.05) is 34.1 Å². The Hall–Kier alpha value is -0.640. The maximum atomic E-state index is 10.4. The Kier molecular flexibility index (Phi) is 2.96. The summed E-state index contributed by atoms with van der Waals surface area (Å²) in [5.74, 6) is 0. The zero-order chi connectivity index (χ0) is 10.9. The molecule has 2 aromatic rings. The molecule has 0 saturated carbocycles. The van der Waals surface area contributed by atoms with Crippen molar-refractivity contribution in [2.45, 2.75) is 12.5 Å². The summed E-state index contributed by atoms with van der Waals surface area (Å²) in [4.78, 5) is 0.963. The third-order valence-electron chi connectivity index (χ3n) is 2.41. The molecule has 1 aromatic heterocycles. The molecular formula is C12H11BrOS. The van der Waals surface area contributed by atoms with Gasteiger partial charge in [-0.15, -0.1) is 11.3 Å². The van der Waals surface area contributed by atoms with Gasteiger partial charge in [0, 0.05) is 9.35 Å². The van der Waals surface area contributed by atoms with Crippen LogP contribution < -0.4 is 0 Å². The van der Waals surface area contributed by atoms with E-state index < -0.39 is 5.60 Å². The van der Waals surface area contributed by atoms with Crippen molar-refractivity contribution in [3.05, 3.63) is 56.7 Å². The summed E-state index contributed by atoms with van der Waals surface area (Å²) in [6, 6.07) is 11.7. The Labute approximate surface area is 102 Å². The maximum Gasteiger partial charge on any atom is 0.121 e. The van der Waals surface area contributed by atoms with Crippen LogP contribution in [-0.2, 0) is 5.60 Å². The van der Waals surface area contributed by atoms with Gasteiger partial charge in [0.05, 0.1) is 0 Å². The van der Waals surface area contributed by atoms with E-state index in [4.69, 9.17) is 0 Å². The van der Waals surface area contributed by atoms with Crippen LogP contribution >= 0.6 is 27.3 Å². The largest absolute Gasteiger partial charge is 0.380 e. The number of hydrogen-bond donors (Lipinski definition) is 1. The Morgan fingerprint density at radius 1 is 1.20 bits per heavy atom. The molecule has 0 amide bonds. The second-order valence-corrected chi connectivity index (χ2v) is 5.42. The topological polar surface area (TPSA) is 20.2 Å². The predicted octanol–water partition coefficient (Wildman–Crippen LogP) is 3.77. The molecule has 0 saturated heterocycles. The average Bonchev–Trinajstić information content (AvgIpc) is 2.71. The van der Waals surface area contributed by atoms with Crippen molar-refractivity contribution in [1.82, 2.24) is 0 Å². The van der Waals surface area contributed by atoms with Crippen molar-refractivity contribution in [3.63, 3.8) is 0 Å². The molecule has 1 N–H and O–H groups in total. The van der Waals surface area contributed by atoms with E-state index >= 15 is 0 Å². The summed E-state index contributed by atoms with van der Waals surface area (Å²) < 4.78 is 1.02. The van der Waals surface area contributed by atoms with Gasteiger partial charge in [0.1, 0.15) is 5.60 Å². The van der Waals surface area contributed by atoms with Crippen LogP contribution in [0.4, 0.5) is 0 Å². The maximum absolute atomic E-state index is 10.4. The van der Waals surface area contributed by atoms with Gasteiger partial charge in [-0.25, -0.2) is 0 Å². The minimum absolute atomic E-state index is 0.894. The van der Waals surface area contributed by atoms with Crippen LogP contribution in [-0.4, -0.2) is 5.11 Å². The van der Waals surface area contributed by atoms with E-state index in [0.29, 0.717) is 0 Å². The fraction of sp³-hybridized carbons (Fsp3) is 0.167. The van der Waals surface area contributed by atoms with Gasteiger partial charge >= 0.3 is 0 Å². The highest BCUT2D eigenvalue weighted by Gasteiger charge is 2.26. The minimum atomic E-state index is -0.894.